The number of hydrogen-bond acceptors (Lipinski definition) is 2. The summed E-state index contributed by atoms with van der Waals surface area (Å²) in [6, 6.07) is 2.45. The fourth-order valence-electron chi connectivity index (χ4n) is 1.35. The fraction of sp³-hybridized carbons (Fsp3) is 0.700. The van der Waals surface area contributed by atoms with E-state index in [1.165, 1.54) is 11.4 Å². The first-order valence-corrected chi connectivity index (χ1v) is 4.90. The second kappa shape index (κ2) is 4.42. The van der Waals surface area contributed by atoms with Crippen molar-refractivity contribution in [2.24, 2.45) is 12.8 Å². The van der Waals surface area contributed by atoms with Gasteiger partial charge in [0.25, 0.3) is 0 Å². The van der Waals surface area contributed by atoms with Gasteiger partial charge >= 0.3 is 0 Å². The molecule has 13 heavy (non-hydrogen) atoms. The number of aryl methyl sites for hydroxylation is 3. The van der Waals surface area contributed by atoms with Crippen LogP contribution in [0.2, 0.25) is 0 Å². The van der Waals surface area contributed by atoms with Crippen molar-refractivity contribution in [1.29, 1.82) is 0 Å². The van der Waals surface area contributed by atoms with E-state index in [1.807, 2.05) is 18.7 Å². The SMILES string of the molecule is CCc1cc(CCC(C)N)n(C)n1. The molecule has 3 heteroatoms. The van der Waals surface area contributed by atoms with Crippen LogP contribution in [0, 0.1) is 0 Å². The first kappa shape index (κ1) is 10.3. The lowest BCUT2D eigenvalue weighted by molar-refractivity contribution is 0.622. The third-order valence-corrected chi connectivity index (χ3v) is 2.25. The summed E-state index contributed by atoms with van der Waals surface area (Å²) in [4.78, 5) is 0. The third-order valence-electron chi connectivity index (χ3n) is 2.25. The van der Waals surface area contributed by atoms with Crippen LogP contribution in [0.4, 0.5) is 0 Å². The molecule has 0 radical (unpaired) electrons. The van der Waals surface area contributed by atoms with Gasteiger partial charge in [-0.25, -0.2) is 0 Å². The quantitative estimate of drug-likeness (QED) is 0.760. The van der Waals surface area contributed by atoms with E-state index in [-0.39, 0.29) is 6.04 Å². The minimum atomic E-state index is 0.278. The molecule has 1 aromatic heterocycles. The minimum absolute atomic E-state index is 0.278. The molecular formula is C10H19N3. The van der Waals surface area contributed by atoms with Gasteiger partial charge in [-0.2, -0.15) is 5.10 Å². The van der Waals surface area contributed by atoms with Crippen LogP contribution in [0.25, 0.3) is 0 Å². The number of hydrogen-bond donors (Lipinski definition) is 1. The first-order chi connectivity index (χ1) is 6.13. The predicted octanol–water partition coefficient (Wildman–Crippen LogP) is 1.26. The fourth-order valence-corrected chi connectivity index (χ4v) is 1.35. The standard InChI is InChI=1S/C10H19N3/c1-4-9-7-10(13(3)12-9)6-5-8(2)11/h7-8H,4-6,11H2,1-3H3. The van der Waals surface area contributed by atoms with Gasteiger partial charge in [0.05, 0.1) is 5.69 Å². The Bertz CT molecular complexity index is 263. The van der Waals surface area contributed by atoms with Crippen molar-refractivity contribution in [2.75, 3.05) is 0 Å². The highest BCUT2D eigenvalue weighted by Gasteiger charge is 2.04. The van der Waals surface area contributed by atoms with E-state index in [1.54, 1.807) is 0 Å². The van der Waals surface area contributed by atoms with Crippen LogP contribution >= 0.6 is 0 Å². The molecule has 0 amide bonds. The van der Waals surface area contributed by atoms with Gasteiger partial charge in [-0.1, -0.05) is 6.92 Å². The average molecular weight is 181 g/mol. The van der Waals surface area contributed by atoms with E-state index >= 15 is 0 Å². The zero-order chi connectivity index (χ0) is 9.84. The van der Waals surface area contributed by atoms with Crippen molar-refractivity contribution in [3.8, 4) is 0 Å². The van der Waals surface area contributed by atoms with Gasteiger partial charge in [0.2, 0.25) is 0 Å². The van der Waals surface area contributed by atoms with Gasteiger partial charge in [0, 0.05) is 18.8 Å². The van der Waals surface area contributed by atoms with Crippen LogP contribution in [0.5, 0.6) is 0 Å². The Morgan fingerprint density at radius 3 is 2.77 bits per heavy atom. The molecule has 1 atom stereocenters. The summed E-state index contributed by atoms with van der Waals surface area (Å²) in [6.07, 6.45) is 3.07. The molecule has 0 fully saturated rings. The van der Waals surface area contributed by atoms with Crippen LogP contribution in [0.1, 0.15) is 31.7 Å². The maximum Gasteiger partial charge on any atom is 0.0624 e. The maximum absolute atomic E-state index is 5.70. The molecule has 3 nitrogen and oxygen atoms in total. The van der Waals surface area contributed by atoms with Crippen molar-refractivity contribution in [2.45, 2.75) is 39.2 Å². The minimum Gasteiger partial charge on any atom is -0.328 e. The van der Waals surface area contributed by atoms with Gasteiger partial charge in [-0.05, 0) is 32.3 Å². The third kappa shape index (κ3) is 2.84. The van der Waals surface area contributed by atoms with E-state index in [0.717, 1.165) is 19.3 Å². The van der Waals surface area contributed by atoms with Crippen LogP contribution in [0.15, 0.2) is 6.07 Å². The molecule has 0 saturated carbocycles. The average Bonchev–Trinajstić information content (AvgIpc) is 2.43. The number of nitrogens with two attached hydrogens (primary N) is 1. The Labute approximate surface area is 79.9 Å². The Balaban J connectivity index is 2.60. The van der Waals surface area contributed by atoms with E-state index < -0.39 is 0 Å². The highest BCUT2D eigenvalue weighted by Crippen LogP contribution is 2.07. The van der Waals surface area contributed by atoms with Crippen molar-refractivity contribution in [3.63, 3.8) is 0 Å². The Morgan fingerprint density at radius 2 is 2.31 bits per heavy atom. The molecule has 0 saturated heterocycles. The molecule has 0 bridgehead atoms. The molecule has 0 aromatic carbocycles. The Kier molecular flexibility index (Phi) is 3.48. The van der Waals surface area contributed by atoms with Crippen molar-refractivity contribution in [1.82, 2.24) is 9.78 Å². The van der Waals surface area contributed by atoms with Crippen molar-refractivity contribution < 1.29 is 0 Å². The molecule has 1 rings (SSSR count). The highest BCUT2D eigenvalue weighted by atomic mass is 15.3. The summed E-state index contributed by atoms with van der Waals surface area (Å²) in [5.41, 5.74) is 8.15. The van der Waals surface area contributed by atoms with Crippen LogP contribution in [-0.2, 0) is 19.9 Å². The molecule has 0 spiro atoms. The van der Waals surface area contributed by atoms with E-state index in [2.05, 4.69) is 18.1 Å². The summed E-state index contributed by atoms with van der Waals surface area (Å²) in [6.45, 7) is 4.16. The summed E-state index contributed by atoms with van der Waals surface area (Å²) in [5, 5.41) is 4.38. The summed E-state index contributed by atoms with van der Waals surface area (Å²) < 4.78 is 1.96. The predicted molar refractivity (Wildman–Crippen MR) is 54.6 cm³/mol. The molecule has 74 valence electrons. The van der Waals surface area contributed by atoms with Crippen LogP contribution in [0.3, 0.4) is 0 Å². The summed E-state index contributed by atoms with van der Waals surface area (Å²) >= 11 is 0. The number of rotatable bonds is 4. The second-order valence-electron chi connectivity index (χ2n) is 3.62. The zero-order valence-corrected chi connectivity index (χ0v) is 8.75. The molecule has 0 aliphatic carbocycles. The van der Waals surface area contributed by atoms with E-state index in [0.29, 0.717) is 0 Å². The summed E-state index contributed by atoms with van der Waals surface area (Å²) in [5.74, 6) is 0. The molecule has 0 aliphatic rings. The van der Waals surface area contributed by atoms with Gasteiger partial charge in [-0.15, -0.1) is 0 Å². The lowest BCUT2D eigenvalue weighted by Crippen LogP contribution is -2.16. The normalized spacial score (nSPS) is 13.2. The molecule has 1 heterocycles. The topological polar surface area (TPSA) is 43.8 Å². The van der Waals surface area contributed by atoms with Crippen molar-refractivity contribution in [3.05, 3.63) is 17.5 Å². The van der Waals surface area contributed by atoms with Gasteiger partial charge in [0.1, 0.15) is 0 Å². The lowest BCUT2D eigenvalue weighted by Gasteiger charge is -2.04. The summed E-state index contributed by atoms with van der Waals surface area (Å²) in [7, 11) is 2.00. The number of nitrogens with zero attached hydrogens (tertiary/aromatic N) is 2. The van der Waals surface area contributed by atoms with E-state index in [4.69, 9.17) is 5.73 Å². The van der Waals surface area contributed by atoms with Gasteiger partial charge in [-0.3, -0.25) is 4.68 Å². The molecule has 1 aromatic rings. The molecule has 2 N–H and O–H groups in total. The molecule has 0 aliphatic heterocycles. The smallest absolute Gasteiger partial charge is 0.0624 e. The second-order valence-corrected chi connectivity index (χ2v) is 3.62. The van der Waals surface area contributed by atoms with E-state index in [9.17, 15) is 0 Å². The molecule has 1 unspecified atom stereocenters. The Morgan fingerprint density at radius 1 is 1.62 bits per heavy atom. The van der Waals surface area contributed by atoms with Gasteiger partial charge < -0.3 is 5.73 Å². The maximum atomic E-state index is 5.70. The number of aromatic nitrogens is 2. The van der Waals surface area contributed by atoms with Crippen LogP contribution < -0.4 is 5.73 Å². The monoisotopic (exact) mass is 181 g/mol. The first-order valence-electron chi connectivity index (χ1n) is 4.90. The lowest BCUT2D eigenvalue weighted by atomic mass is 10.1. The highest BCUT2D eigenvalue weighted by molar-refractivity contribution is 5.10. The Hall–Kier alpha value is -0.830. The molecular weight excluding hydrogens is 162 g/mol. The van der Waals surface area contributed by atoms with Crippen molar-refractivity contribution >= 4 is 0 Å². The van der Waals surface area contributed by atoms with Gasteiger partial charge in [0.15, 0.2) is 0 Å². The largest absolute Gasteiger partial charge is 0.328 e. The zero-order valence-electron chi connectivity index (χ0n) is 8.75. The van der Waals surface area contributed by atoms with Crippen LogP contribution in [-0.4, -0.2) is 15.8 Å².